The van der Waals surface area contributed by atoms with E-state index in [9.17, 15) is 5.53 Å². The van der Waals surface area contributed by atoms with Crippen molar-refractivity contribution in [2.75, 3.05) is 14.2 Å². The van der Waals surface area contributed by atoms with E-state index >= 15 is 0 Å². The number of azide groups is 1. The Morgan fingerprint density at radius 1 is 1.07 bits per heavy atom. The zero-order valence-electron chi connectivity index (χ0n) is 17.7. The molecule has 7 heteroatoms. The minimum atomic E-state index is -0.801. The number of para-hydroxylation sites is 2. The van der Waals surface area contributed by atoms with E-state index < -0.39 is 24.0 Å². The molecule has 3 rings (SSSR count). The van der Waals surface area contributed by atoms with E-state index in [-0.39, 0.29) is 0 Å². The molecule has 0 bridgehead atoms. The SMILES string of the molecule is COc1ccccc1/C=C/[C@@H]1OC(C)(C)O[C@H]1[C@@H](Cc1ccccc1OC)N=[N+]=[N-]. The summed E-state index contributed by atoms with van der Waals surface area (Å²) in [5.41, 5.74) is 11.1. The number of ether oxygens (including phenoxy) is 4. The van der Waals surface area contributed by atoms with E-state index in [2.05, 4.69) is 10.0 Å². The van der Waals surface area contributed by atoms with Crippen molar-refractivity contribution in [3.63, 3.8) is 0 Å². The van der Waals surface area contributed by atoms with Crippen LogP contribution in [0, 0.1) is 0 Å². The molecule has 1 fully saturated rings. The molecule has 1 aliphatic rings. The highest BCUT2D eigenvalue weighted by Crippen LogP contribution is 2.34. The fourth-order valence-electron chi connectivity index (χ4n) is 3.65. The zero-order valence-corrected chi connectivity index (χ0v) is 17.7. The van der Waals surface area contributed by atoms with Crippen molar-refractivity contribution in [1.82, 2.24) is 0 Å². The van der Waals surface area contributed by atoms with Gasteiger partial charge in [-0.15, -0.1) is 0 Å². The first-order valence-electron chi connectivity index (χ1n) is 9.80. The summed E-state index contributed by atoms with van der Waals surface area (Å²) >= 11 is 0. The van der Waals surface area contributed by atoms with Crippen LogP contribution < -0.4 is 9.47 Å². The maximum atomic E-state index is 9.19. The van der Waals surface area contributed by atoms with Gasteiger partial charge in [0.05, 0.1) is 26.4 Å². The zero-order chi connectivity index (χ0) is 21.6. The van der Waals surface area contributed by atoms with Crippen LogP contribution in [0.5, 0.6) is 11.5 Å². The van der Waals surface area contributed by atoms with Gasteiger partial charge < -0.3 is 18.9 Å². The lowest BCUT2D eigenvalue weighted by molar-refractivity contribution is -0.144. The Bertz CT molecular complexity index is 938. The van der Waals surface area contributed by atoms with Gasteiger partial charge in [0.1, 0.15) is 17.6 Å². The monoisotopic (exact) mass is 409 g/mol. The molecule has 0 aromatic heterocycles. The van der Waals surface area contributed by atoms with Crippen molar-refractivity contribution in [3.8, 4) is 11.5 Å². The average molecular weight is 409 g/mol. The molecule has 2 aromatic rings. The van der Waals surface area contributed by atoms with Gasteiger partial charge in [0, 0.05) is 10.5 Å². The Kier molecular flexibility index (Phi) is 7.00. The summed E-state index contributed by atoms with van der Waals surface area (Å²) in [5.74, 6) is 0.712. The van der Waals surface area contributed by atoms with Crippen molar-refractivity contribution in [3.05, 3.63) is 76.2 Å². The van der Waals surface area contributed by atoms with Crippen molar-refractivity contribution in [2.45, 2.75) is 44.3 Å². The Morgan fingerprint density at radius 3 is 2.43 bits per heavy atom. The van der Waals surface area contributed by atoms with Gasteiger partial charge >= 0.3 is 0 Å². The lowest BCUT2D eigenvalue weighted by atomic mass is 9.97. The summed E-state index contributed by atoms with van der Waals surface area (Å²) in [5, 5.41) is 4.04. The van der Waals surface area contributed by atoms with Crippen molar-refractivity contribution in [1.29, 1.82) is 0 Å². The molecule has 0 N–H and O–H groups in total. The summed E-state index contributed by atoms with van der Waals surface area (Å²) in [6.45, 7) is 3.71. The lowest BCUT2D eigenvalue weighted by Gasteiger charge is -2.23. The molecule has 0 amide bonds. The Morgan fingerprint density at radius 2 is 1.73 bits per heavy atom. The van der Waals surface area contributed by atoms with Gasteiger partial charge in [-0.2, -0.15) is 0 Å². The van der Waals surface area contributed by atoms with Crippen molar-refractivity contribution in [2.24, 2.45) is 5.11 Å². The summed E-state index contributed by atoms with van der Waals surface area (Å²) in [7, 11) is 3.26. The van der Waals surface area contributed by atoms with Gasteiger partial charge in [-0.1, -0.05) is 53.7 Å². The van der Waals surface area contributed by atoms with Crippen molar-refractivity contribution < 1.29 is 18.9 Å². The molecular formula is C23H27N3O4. The van der Waals surface area contributed by atoms with Crippen LogP contribution in [0.15, 0.2) is 59.7 Å². The minimum Gasteiger partial charge on any atom is -0.496 e. The van der Waals surface area contributed by atoms with Crippen LogP contribution >= 0.6 is 0 Å². The van der Waals surface area contributed by atoms with Crippen LogP contribution in [-0.2, 0) is 15.9 Å². The van der Waals surface area contributed by atoms with E-state index in [0.29, 0.717) is 6.42 Å². The molecule has 2 aromatic carbocycles. The van der Waals surface area contributed by atoms with E-state index in [4.69, 9.17) is 18.9 Å². The maximum absolute atomic E-state index is 9.19. The van der Waals surface area contributed by atoms with Crippen LogP contribution in [0.4, 0.5) is 0 Å². The molecule has 30 heavy (non-hydrogen) atoms. The summed E-state index contributed by atoms with van der Waals surface area (Å²) < 4.78 is 23.1. The molecule has 0 radical (unpaired) electrons. The molecule has 0 unspecified atom stereocenters. The van der Waals surface area contributed by atoms with Gasteiger partial charge in [0.2, 0.25) is 0 Å². The molecule has 3 atom stereocenters. The van der Waals surface area contributed by atoms with E-state index in [0.717, 1.165) is 22.6 Å². The van der Waals surface area contributed by atoms with Gasteiger partial charge in [-0.05, 0) is 43.5 Å². The van der Waals surface area contributed by atoms with E-state index in [1.54, 1.807) is 14.2 Å². The summed E-state index contributed by atoms with van der Waals surface area (Å²) in [6.07, 6.45) is 3.50. The molecule has 1 heterocycles. The molecule has 1 aliphatic heterocycles. The first kappa shape index (κ1) is 21.7. The Hall–Kier alpha value is -2.99. The standard InChI is InChI=1S/C23H27N3O4/c1-23(2)29-21(14-13-16-9-5-7-11-19(16)27-3)22(30-23)18(25-26-24)15-17-10-6-8-12-20(17)28-4/h5-14,18,21-22H,15H2,1-4H3/b14-13+/t18-,21+,22+/m1/s1. The average Bonchev–Trinajstić information content (AvgIpc) is 3.06. The summed E-state index contributed by atoms with van der Waals surface area (Å²) in [4.78, 5) is 3.06. The van der Waals surface area contributed by atoms with Gasteiger partial charge in [0.25, 0.3) is 0 Å². The number of rotatable bonds is 8. The third-order valence-electron chi connectivity index (χ3n) is 4.97. The predicted molar refractivity (Wildman–Crippen MR) is 115 cm³/mol. The van der Waals surface area contributed by atoms with Crippen LogP contribution in [0.2, 0.25) is 0 Å². The Labute approximate surface area is 176 Å². The second kappa shape index (κ2) is 9.67. The molecule has 158 valence electrons. The van der Waals surface area contributed by atoms with Crippen molar-refractivity contribution >= 4 is 6.08 Å². The summed E-state index contributed by atoms with van der Waals surface area (Å²) in [6, 6.07) is 14.9. The molecule has 1 saturated heterocycles. The highest BCUT2D eigenvalue weighted by atomic mass is 16.8. The molecule has 7 nitrogen and oxygen atoms in total. The molecule has 0 spiro atoms. The van der Waals surface area contributed by atoms with Crippen LogP contribution in [0.25, 0.3) is 16.5 Å². The highest BCUT2D eigenvalue weighted by molar-refractivity contribution is 5.57. The first-order valence-corrected chi connectivity index (χ1v) is 9.80. The number of methoxy groups -OCH3 is 2. The number of nitrogens with zero attached hydrogens (tertiary/aromatic N) is 3. The Balaban J connectivity index is 1.89. The van der Waals surface area contributed by atoms with Crippen LogP contribution in [0.1, 0.15) is 25.0 Å². The fraction of sp³-hybridized carbons (Fsp3) is 0.391. The van der Waals surface area contributed by atoms with Gasteiger partial charge in [-0.3, -0.25) is 0 Å². The van der Waals surface area contributed by atoms with E-state index in [1.165, 1.54) is 0 Å². The molecular weight excluding hydrogens is 382 g/mol. The number of benzene rings is 2. The molecule has 0 saturated carbocycles. The normalized spacial score (nSPS) is 21.2. The number of hydrogen-bond acceptors (Lipinski definition) is 5. The minimum absolute atomic E-state index is 0.393. The molecule has 0 aliphatic carbocycles. The smallest absolute Gasteiger partial charge is 0.164 e. The highest BCUT2D eigenvalue weighted by Gasteiger charge is 2.43. The third-order valence-corrected chi connectivity index (χ3v) is 4.97. The maximum Gasteiger partial charge on any atom is 0.164 e. The second-order valence-corrected chi connectivity index (χ2v) is 7.45. The fourth-order valence-corrected chi connectivity index (χ4v) is 3.65. The lowest BCUT2D eigenvalue weighted by Crippen LogP contribution is -2.34. The second-order valence-electron chi connectivity index (χ2n) is 7.45. The number of hydrogen-bond donors (Lipinski definition) is 0. The van der Waals surface area contributed by atoms with E-state index in [1.807, 2.05) is 74.5 Å². The van der Waals surface area contributed by atoms with Gasteiger partial charge in [0.15, 0.2) is 5.79 Å². The van der Waals surface area contributed by atoms with Crippen LogP contribution in [-0.4, -0.2) is 38.3 Å². The predicted octanol–water partition coefficient (Wildman–Crippen LogP) is 5.16. The quantitative estimate of drug-likeness (QED) is 0.342. The first-order chi connectivity index (χ1) is 14.5. The third kappa shape index (κ3) is 5.13. The topological polar surface area (TPSA) is 85.7 Å². The largest absolute Gasteiger partial charge is 0.496 e. The van der Waals surface area contributed by atoms with Crippen LogP contribution in [0.3, 0.4) is 0 Å². The van der Waals surface area contributed by atoms with Gasteiger partial charge in [-0.25, -0.2) is 0 Å².